The summed E-state index contributed by atoms with van der Waals surface area (Å²) < 4.78 is 42.5. The van der Waals surface area contributed by atoms with Crippen molar-refractivity contribution in [1.29, 1.82) is 0 Å². The van der Waals surface area contributed by atoms with Gasteiger partial charge in [-0.1, -0.05) is 30.3 Å². The second kappa shape index (κ2) is 10.5. The zero-order valence-corrected chi connectivity index (χ0v) is 15.0. The van der Waals surface area contributed by atoms with Crippen LogP contribution in [0.3, 0.4) is 0 Å². The number of nitrogens with one attached hydrogen (secondary N) is 2. The van der Waals surface area contributed by atoms with Gasteiger partial charge in [-0.3, -0.25) is 4.99 Å². The zero-order valence-electron chi connectivity index (χ0n) is 14.2. The summed E-state index contributed by atoms with van der Waals surface area (Å²) in [5.41, 5.74) is 1.12. The van der Waals surface area contributed by atoms with Crippen LogP contribution in [0.1, 0.15) is 31.4 Å². The van der Waals surface area contributed by atoms with Gasteiger partial charge in [0.05, 0.1) is 12.5 Å². The summed E-state index contributed by atoms with van der Waals surface area (Å²) in [4.78, 5) is 4.44. The van der Waals surface area contributed by atoms with Gasteiger partial charge in [0.1, 0.15) is 0 Å². The predicted octanol–water partition coefficient (Wildman–Crippen LogP) is 3.69. The largest absolute Gasteiger partial charge is 0.390 e. The standard InChI is InChI=1S/C17H24F3N3O.ClH/c1-2-21-16(22-10-9-17(18,19)20)23-12-14-8-11-24-15(14)13-6-4-3-5-7-13;/h3-7,14-15H,2,8-12H2,1H3,(H2,21,22,23);1H. The Morgan fingerprint density at radius 1 is 1.24 bits per heavy atom. The number of hydrogen-bond donors (Lipinski definition) is 2. The SMILES string of the molecule is CCNC(=NCC1CCOC1c1ccccc1)NCCC(F)(F)F.Cl. The lowest BCUT2D eigenvalue weighted by Gasteiger charge is -2.18. The van der Waals surface area contributed by atoms with E-state index in [1.54, 1.807) is 0 Å². The first-order valence-corrected chi connectivity index (χ1v) is 8.25. The molecule has 1 saturated heterocycles. The number of alkyl halides is 3. The van der Waals surface area contributed by atoms with Crippen LogP contribution in [-0.2, 0) is 4.74 Å². The van der Waals surface area contributed by atoms with Gasteiger partial charge in [-0.15, -0.1) is 12.4 Å². The molecular formula is C17H25ClF3N3O. The molecule has 8 heteroatoms. The molecule has 0 bridgehead atoms. The summed E-state index contributed by atoms with van der Waals surface area (Å²) in [6.07, 6.45) is -4.16. The van der Waals surface area contributed by atoms with Crippen LogP contribution < -0.4 is 10.6 Å². The molecule has 1 heterocycles. The van der Waals surface area contributed by atoms with Crippen LogP contribution in [-0.4, -0.2) is 38.4 Å². The normalized spacial score (nSPS) is 20.9. The number of halogens is 4. The van der Waals surface area contributed by atoms with Gasteiger partial charge in [0.2, 0.25) is 0 Å². The predicted molar refractivity (Wildman–Crippen MR) is 95.1 cm³/mol. The molecule has 0 amide bonds. The highest BCUT2D eigenvalue weighted by molar-refractivity contribution is 5.85. The molecule has 0 spiro atoms. The van der Waals surface area contributed by atoms with Gasteiger partial charge in [-0.25, -0.2) is 0 Å². The van der Waals surface area contributed by atoms with E-state index in [-0.39, 0.29) is 31.0 Å². The van der Waals surface area contributed by atoms with Gasteiger partial charge < -0.3 is 15.4 Å². The summed E-state index contributed by atoms with van der Waals surface area (Å²) in [5.74, 6) is 0.644. The molecule has 1 fully saturated rings. The molecule has 0 radical (unpaired) electrons. The quantitative estimate of drug-likeness (QED) is 0.585. The van der Waals surface area contributed by atoms with Crippen molar-refractivity contribution in [2.75, 3.05) is 26.2 Å². The Morgan fingerprint density at radius 2 is 1.96 bits per heavy atom. The van der Waals surface area contributed by atoms with Crippen LogP contribution in [0.4, 0.5) is 13.2 Å². The molecule has 0 aromatic heterocycles. The van der Waals surface area contributed by atoms with Crippen LogP contribution in [0.15, 0.2) is 35.3 Å². The van der Waals surface area contributed by atoms with E-state index in [9.17, 15) is 13.2 Å². The van der Waals surface area contributed by atoms with Crippen LogP contribution in [0.5, 0.6) is 0 Å². The molecule has 2 rings (SSSR count). The highest BCUT2D eigenvalue weighted by Gasteiger charge is 2.29. The van der Waals surface area contributed by atoms with Gasteiger partial charge >= 0.3 is 6.18 Å². The van der Waals surface area contributed by atoms with Crippen molar-refractivity contribution in [3.8, 4) is 0 Å². The molecule has 1 aliphatic rings. The smallest absolute Gasteiger partial charge is 0.373 e. The Balaban J connectivity index is 0.00000312. The molecule has 0 saturated carbocycles. The van der Waals surface area contributed by atoms with E-state index in [4.69, 9.17) is 4.74 Å². The van der Waals surface area contributed by atoms with Gasteiger partial charge in [0.15, 0.2) is 5.96 Å². The molecule has 1 aromatic rings. The minimum atomic E-state index is -4.16. The molecule has 2 atom stereocenters. The molecule has 1 aliphatic heterocycles. The Bertz CT molecular complexity index is 526. The minimum Gasteiger partial charge on any atom is -0.373 e. The average molecular weight is 380 g/mol. The number of aliphatic imine (C=N–C) groups is 1. The summed E-state index contributed by atoms with van der Waals surface area (Å²) >= 11 is 0. The van der Waals surface area contributed by atoms with E-state index in [1.165, 1.54) is 0 Å². The van der Waals surface area contributed by atoms with Crippen LogP contribution in [0.25, 0.3) is 0 Å². The van der Waals surface area contributed by atoms with Crippen molar-refractivity contribution in [1.82, 2.24) is 10.6 Å². The maximum absolute atomic E-state index is 12.2. The maximum atomic E-state index is 12.2. The molecule has 1 aromatic carbocycles. The van der Waals surface area contributed by atoms with E-state index in [0.717, 1.165) is 12.0 Å². The van der Waals surface area contributed by atoms with Gasteiger partial charge in [-0.2, -0.15) is 13.2 Å². The van der Waals surface area contributed by atoms with E-state index in [0.29, 0.717) is 25.7 Å². The van der Waals surface area contributed by atoms with Gasteiger partial charge in [-0.05, 0) is 18.9 Å². The third-order valence-corrected chi connectivity index (χ3v) is 3.87. The topological polar surface area (TPSA) is 45.7 Å². The van der Waals surface area contributed by atoms with Crippen molar-refractivity contribution in [3.05, 3.63) is 35.9 Å². The first-order valence-electron chi connectivity index (χ1n) is 8.25. The average Bonchev–Trinajstić information content (AvgIpc) is 3.01. The second-order valence-electron chi connectivity index (χ2n) is 5.76. The molecule has 2 N–H and O–H groups in total. The number of rotatable bonds is 6. The van der Waals surface area contributed by atoms with Crippen LogP contribution >= 0.6 is 12.4 Å². The van der Waals surface area contributed by atoms with Crippen molar-refractivity contribution >= 4 is 18.4 Å². The van der Waals surface area contributed by atoms with E-state index in [1.807, 2.05) is 37.3 Å². The first kappa shape index (κ1) is 21.6. The fraction of sp³-hybridized carbons (Fsp3) is 0.588. The van der Waals surface area contributed by atoms with Crippen LogP contribution in [0, 0.1) is 5.92 Å². The highest BCUT2D eigenvalue weighted by Crippen LogP contribution is 2.34. The minimum absolute atomic E-state index is 0. The van der Waals surface area contributed by atoms with E-state index >= 15 is 0 Å². The summed E-state index contributed by atoms with van der Waals surface area (Å²) in [7, 11) is 0. The Kier molecular flexibility index (Phi) is 9.06. The molecular weight excluding hydrogens is 355 g/mol. The Hall–Kier alpha value is -1.47. The summed E-state index contributed by atoms with van der Waals surface area (Å²) in [6, 6.07) is 9.96. The molecule has 0 aliphatic carbocycles. The van der Waals surface area contributed by atoms with Crippen molar-refractivity contribution < 1.29 is 17.9 Å². The number of benzene rings is 1. The molecule has 4 nitrogen and oxygen atoms in total. The first-order chi connectivity index (χ1) is 11.5. The Morgan fingerprint density at radius 3 is 2.60 bits per heavy atom. The maximum Gasteiger partial charge on any atom is 0.390 e. The highest BCUT2D eigenvalue weighted by atomic mass is 35.5. The second-order valence-corrected chi connectivity index (χ2v) is 5.76. The molecule has 2 unspecified atom stereocenters. The van der Waals surface area contributed by atoms with Crippen molar-refractivity contribution in [2.45, 2.75) is 32.0 Å². The Labute approximate surface area is 152 Å². The third kappa shape index (κ3) is 7.52. The van der Waals surface area contributed by atoms with Crippen molar-refractivity contribution in [2.24, 2.45) is 10.9 Å². The summed E-state index contributed by atoms with van der Waals surface area (Å²) in [6.45, 7) is 3.49. The monoisotopic (exact) mass is 379 g/mol. The number of hydrogen-bond acceptors (Lipinski definition) is 2. The lowest BCUT2D eigenvalue weighted by molar-refractivity contribution is -0.132. The number of ether oxygens (including phenoxy) is 1. The lowest BCUT2D eigenvalue weighted by Crippen LogP contribution is -2.39. The van der Waals surface area contributed by atoms with Gasteiger partial charge in [0.25, 0.3) is 0 Å². The molecule has 25 heavy (non-hydrogen) atoms. The molecule has 142 valence electrons. The van der Waals surface area contributed by atoms with Crippen molar-refractivity contribution in [3.63, 3.8) is 0 Å². The van der Waals surface area contributed by atoms with E-state index < -0.39 is 12.6 Å². The number of guanidine groups is 1. The summed E-state index contributed by atoms with van der Waals surface area (Å²) in [5, 5.41) is 5.71. The van der Waals surface area contributed by atoms with E-state index in [2.05, 4.69) is 15.6 Å². The van der Waals surface area contributed by atoms with Gasteiger partial charge in [0, 0.05) is 32.2 Å². The third-order valence-electron chi connectivity index (χ3n) is 3.87. The fourth-order valence-electron chi connectivity index (χ4n) is 2.70. The fourth-order valence-corrected chi connectivity index (χ4v) is 2.70. The number of nitrogens with zero attached hydrogens (tertiary/aromatic N) is 1. The zero-order chi connectivity index (χ0) is 17.4. The lowest BCUT2D eigenvalue weighted by atomic mass is 9.95. The van der Waals surface area contributed by atoms with Crippen LogP contribution in [0.2, 0.25) is 0 Å².